The average molecular weight is 539 g/mol. The summed E-state index contributed by atoms with van der Waals surface area (Å²) >= 11 is 0. The van der Waals surface area contributed by atoms with Gasteiger partial charge in [-0.1, -0.05) is 61.7 Å². The van der Waals surface area contributed by atoms with Gasteiger partial charge in [0.25, 0.3) is 0 Å². The van der Waals surface area contributed by atoms with Gasteiger partial charge in [-0.15, -0.1) is 0 Å². The number of unbranched alkanes of at least 4 members (excludes halogenated alkanes) is 2. The molecule has 2 unspecified atom stereocenters. The van der Waals surface area contributed by atoms with Gasteiger partial charge in [0.15, 0.2) is 0 Å². The number of aromatic nitrogens is 1. The van der Waals surface area contributed by atoms with Crippen LogP contribution in [0.15, 0.2) is 55.4 Å². The molecule has 0 radical (unpaired) electrons. The van der Waals surface area contributed by atoms with Crippen LogP contribution in [0.1, 0.15) is 67.2 Å². The molecule has 1 saturated carbocycles. The standard InChI is InChI=1S/C31H37F3N4O/c1-21-16-23(10-4-3-9-15-35-20-39)30(27(17-21)31(32,33)34)38-29-14-8-7-13-28(29)37-22(2)26-19-36-18-24-11-5-6-12-25(24)26/h5-6,11-12,16-20,28-29,37-38H,2-4,7-10,13-15H2,1H3,(H,35,39). The Morgan fingerprint density at radius 3 is 2.62 bits per heavy atom. The van der Waals surface area contributed by atoms with Gasteiger partial charge >= 0.3 is 6.18 Å². The summed E-state index contributed by atoms with van der Waals surface area (Å²) in [7, 11) is 0. The number of amides is 1. The van der Waals surface area contributed by atoms with E-state index in [1.165, 1.54) is 6.07 Å². The number of benzene rings is 2. The van der Waals surface area contributed by atoms with Crippen molar-refractivity contribution in [3.8, 4) is 0 Å². The highest BCUT2D eigenvalue weighted by Gasteiger charge is 2.36. The summed E-state index contributed by atoms with van der Waals surface area (Å²) in [5.74, 6) is 0. The van der Waals surface area contributed by atoms with E-state index in [4.69, 9.17) is 0 Å². The van der Waals surface area contributed by atoms with Crippen LogP contribution >= 0.6 is 0 Å². The molecule has 0 aliphatic heterocycles. The number of fused-ring (bicyclic) bond motifs is 1. The predicted octanol–water partition coefficient (Wildman–Crippen LogP) is 7.00. The van der Waals surface area contributed by atoms with E-state index in [-0.39, 0.29) is 17.8 Å². The van der Waals surface area contributed by atoms with E-state index in [1.807, 2.05) is 36.5 Å². The van der Waals surface area contributed by atoms with E-state index < -0.39 is 11.7 Å². The minimum atomic E-state index is -4.47. The van der Waals surface area contributed by atoms with Crippen LogP contribution in [-0.4, -0.2) is 30.0 Å². The SMILES string of the molecule is C=C(NC1CCCCC1Nc1c(CCCCCNC=O)cc(C)cc1C(F)(F)F)c1cncc2ccccc12. The molecule has 1 amide bonds. The zero-order valence-electron chi connectivity index (χ0n) is 22.4. The van der Waals surface area contributed by atoms with Crippen LogP contribution in [0.3, 0.4) is 0 Å². The first-order valence-electron chi connectivity index (χ1n) is 13.7. The van der Waals surface area contributed by atoms with Crippen LogP contribution in [0.25, 0.3) is 16.5 Å². The van der Waals surface area contributed by atoms with Crippen LogP contribution in [0, 0.1) is 6.92 Å². The number of nitrogens with zero attached hydrogens (tertiary/aromatic N) is 1. The molecular weight excluding hydrogens is 501 g/mol. The lowest BCUT2D eigenvalue weighted by molar-refractivity contribution is -0.137. The Bertz CT molecular complexity index is 1290. The molecule has 8 heteroatoms. The number of carbonyl (C=O) groups is 1. The second-order valence-corrected chi connectivity index (χ2v) is 10.4. The van der Waals surface area contributed by atoms with Crippen molar-refractivity contribution in [2.75, 3.05) is 11.9 Å². The summed E-state index contributed by atoms with van der Waals surface area (Å²) in [6.45, 7) is 6.57. The van der Waals surface area contributed by atoms with Crippen molar-refractivity contribution in [3.05, 3.63) is 77.6 Å². The number of nitrogens with one attached hydrogen (secondary N) is 3. The zero-order valence-corrected chi connectivity index (χ0v) is 22.4. The van der Waals surface area contributed by atoms with Gasteiger partial charge in [0.1, 0.15) is 0 Å². The van der Waals surface area contributed by atoms with Crippen LogP contribution in [0.2, 0.25) is 0 Å². The van der Waals surface area contributed by atoms with E-state index in [1.54, 1.807) is 13.1 Å². The van der Waals surface area contributed by atoms with Gasteiger partial charge in [0.05, 0.1) is 5.56 Å². The molecule has 39 heavy (non-hydrogen) atoms. The molecule has 2 atom stereocenters. The van der Waals surface area contributed by atoms with Crippen molar-refractivity contribution in [2.24, 2.45) is 0 Å². The van der Waals surface area contributed by atoms with Gasteiger partial charge in [-0.05, 0) is 56.0 Å². The van der Waals surface area contributed by atoms with E-state index in [0.717, 1.165) is 67.0 Å². The fourth-order valence-corrected chi connectivity index (χ4v) is 5.55. The molecule has 1 aromatic heterocycles. The van der Waals surface area contributed by atoms with Gasteiger partial charge in [-0.25, -0.2) is 0 Å². The Hall–Kier alpha value is -3.55. The predicted molar refractivity (Wildman–Crippen MR) is 151 cm³/mol. The Morgan fingerprint density at radius 2 is 1.85 bits per heavy atom. The van der Waals surface area contributed by atoms with Crippen molar-refractivity contribution in [1.29, 1.82) is 0 Å². The maximum atomic E-state index is 14.2. The molecule has 3 aromatic rings. The average Bonchev–Trinajstić information content (AvgIpc) is 2.91. The quantitative estimate of drug-likeness (QED) is 0.172. The normalized spacial score (nSPS) is 17.5. The van der Waals surface area contributed by atoms with Crippen molar-refractivity contribution in [2.45, 2.75) is 76.6 Å². The van der Waals surface area contributed by atoms with Crippen LogP contribution < -0.4 is 16.0 Å². The number of pyridine rings is 1. The first-order chi connectivity index (χ1) is 18.8. The van der Waals surface area contributed by atoms with Crippen molar-refractivity contribution >= 4 is 28.6 Å². The zero-order chi connectivity index (χ0) is 27.8. The number of anilines is 1. The third-order valence-electron chi connectivity index (χ3n) is 7.47. The Kier molecular flexibility index (Phi) is 9.49. The fourth-order valence-electron chi connectivity index (χ4n) is 5.55. The van der Waals surface area contributed by atoms with E-state index in [0.29, 0.717) is 30.5 Å². The highest BCUT2D eigenvalue weighted by Crippen LogP contribution is 2.39. The summed E-state index contributed by atoms with van der Waals surface area (Å²) in [4.78, 5) is 14.8. The molecule has 1 fully saturated rings. The second-order valence-electron chi connectivity index (χ2n) is 10.4. The summed E-state index contributed by atoms with van der Waals surface area (Å²) < 4.78 is 42.7. The lowest BCUT2D eigenvalue weighted by Gasteiger charge is -2.36. The molecule has 0 spiro atoms. The van der Waals surface area contributed by atoms with Crippen LogP contribution in [-0.2, 0) is 17.4 Å². The molecule has 0 saturated heterocycles. The van der Waals surface area contributed by atoms with Crippen molar-refractivity contribution in [3.63, 3.8) is 0 Å². The van der Waals surface area contributed by atoms with Crippen LogP contribution in [0.5, 0.6) is 0 Å². The number of aryl methyl sites for hydroxylation is 2. The molecule has 4 rings (SSSR count). The van der Waals surface area contributed by atoms with E-state index in [9.17, 15) is 18.0 Å². The maximum Gasteiger partial charge on any atom is 0.418 e. The summed E-state index contributed by atoms with van der Waals surface area (Å²) in [6, 6.07) is 10.8. The Labute approximate surface area is 228 Å². The Morgan fingerprint density at radius 1 is 1.08 bits per heavy atom. The van der Waals surface area contributed by atoms with E-state index >= 15 is 0 Å². The van der Waals surface area contributed by atoms with E-state index in [2.05, 4.69) is 27.5 Å². The monoisotopic (exact) mass is 538 g/mol. The molecule has 208 valence electrons. The largest absolute Gasteiger partial charge is 0.418 e. The van der Waals surface area contributed by atoms with Crippen LogP contribution in [0.4, 0.5) is 18.9 Å². The topological polar surface area (TPSA) is 66.0 Å². The minimum absolute atomic E-state index is 0.0742. The molecule has 1 aliphatic carbocycles. The number of rotatable bonds is 12. The third-order valence-corrected chi connectivity index (χ3v) is 7.47. The number of hydrogen-bond acceptors (Lipinski definition) is 4. The summed E-state index contributed by atoms with van der Waals surface area (Å²) in [5.41, 5.74) is 2.49. The second kappa shape index (κ2) is 13.0. The first kappa shape index (κ1) is 28.5. The number of hydrogen-bond donors (Lipinski definition) is 3. The van der Waals surface area contributed by atoms with Gasteiger partial charge in [-0.2, -0.15) is 13.2 Å². The lowest BCUT2D eigenvalue weighted by Crippen LogP contribution is -2.45. The number of alkyl halides is 3. The van der Waals surface area contributed by atoms with Gasteiger partial charge in [0.2, 0.25) is 6.41 Å². The molecule has 2 aromatic carbocycles. The first-order valence-corrected chi connectivity index (χ1v) is 13.7. The molecule has 5 nitrogen and oxygen atoms in total. The van der Waals surface area contributed by atoms with Crippen molar-refractivity contribution in [1.82, 2.24) is 15.6 Å². The molecule has 1 heterocycles. The molecule has 1 aliphatic rings. The molecule has 0 bridgehead atoms. The van der Waals surface area contributed by atoms with Gasteiger partial charge < -0.3 is 16.0 Å². The molecular formula is C31H37F3N4O. The highest BCUT2D eigenvalue weighted by atomic mass is 19.4. The summed E-state index contributed by atoms with van der Waals surface area (Å²) in [6.07, 6.45) is 6.23. The third kappa shape index (κ3) is 7.31. The fraction of sp³-hybridized carbons (Fsp3) is 0.419. The van der Waals surface area contributed by atoms with Crippen molar-refractivity contribution < 1.29 is 18.0 Å². The molecule has 3 N–H and O–H groups in total. The Balaban J connectivity index is 1.56. The minimum Gasteiger partial charge on any atom is -0.380 e. The number of carbonyl (C=O) groups excluding carboxylic acids is 1. The number of halogens is 3. The van der Waals surface area contributed by atoms with Gasteiger partial charge in [0, 0.05) is 53.4 Å². The smallest absolute Gasteiger partial charge is 0.380 e. The lowest BCUT2D eigenvalue weighted by atomic mass is 9.88. The van der Waals surface area contributed by atoms with Gasteiger partial charge in [-0.3, -0.25) is 9.78 Å². The summed E-state index contributed by atoms with van der Waals surface area (Å²) in [5, 5.41) is 11.6. The highest BCUT2D eigenvalue weighted by molar-refractivity contribution is 5.92. The maximum absolute atomic E-state index is 14.2.